The zero-order chi connectivity index (χ0) is 14.5. The van der Waals surface area contributed by atoms with Gasteiger partial charge in [-0.2, -0.15) is 0 Å². The van der Waals surface area contributed by atoms with Crippen LogP contribution in [0.3, 0.4) is 0 Å². The van der Waals surface area contributed by atoms with E-state index < -0.39 is 11.9 Å². The Morgan fingerprint density at radius 2 is 2.05 bits per heavy atom. The summed E-state index contributed by atoms with van der Waals surface area (Å²) in [4.78, 5) is 25.5. The van der Waals surface area contributed by atoms with E-state index in [1.54, 1.807) is 4.90 Å². The quantitative estimate of drug-likeness (QED) is 0.765. The summed E-state index contributed by atoms with van der Waals surface area (Å²) in [6.45, 7) is 1.26. The molecule has 5 nitrogen and oxygen atoms in total. The Kier molecular flexibility index (Phi) is 4.74. The molecule has 0 saturated heterocycles. The van der Waals surface area contributed by atoms with Gasteiger partial charge in [0.05, 0.1) is 0 Å². The van der Waals surface area contributed by atoms with Crippen LogP contribution < -0.4 is 11.1 Å². The van der Waals surface area contributed by atoms with Gasteiger partial charge in [0.1, 0.15) is 6.04 Å². The molecule has 1 aliphatic heterocycles. The molecule has 5 heteroatoms. The number of hydrogen-bond acceptors (Lipinski definition) is 3. The van der Waals surface area contributed by atoms with Gasteiger partial charge in [0, 0.05) is 19.4 Å². The van der Waals surface area contributed by atoms with Crippen molar-refractivity contribution in [3.8, 4) is 0 Å². The van der Waals surface area contributed by atoms with Crippen LogP contribution in [0.25, 0.3) is 0 Å². The normalized spacial score (nSPS) is 17.6. The van der Waals surface area contributed by atoms with Gasteiger partial charge in [-0.1, -0.05) is 24.3 Å². The SMILES string of the molecule is CNCCCC(=O)N1Cc2ccccc2CC1C(N)=O. The third-order valence-corrected chi connectivity index (χ3v) is 3.71. The van der Waals surface area contributed by atoms with E-state index in [0.29, 0.717) is 19.4 Å². The van der Waals surface area contributed by atoms with Crippen molar-refractivity contribution in [3.05, 3.63) is 35.4 Å². The number of primary amides is 1. The number of amides is 2. The van der Waals surface area contributed by atoms with E-state index in [1.165, 1.54) is 0 Å². The molecule has 1 unspecified atom stereocenters. The molecule has 1 aliphatic rings. The van der Waals surface area contributed by atoms with Gasteiger partial charge in [0.2, 0.25) is 11.8 Å². The molecule has 2 rings (SSSR count). The lowest BCUT2D eigenvalue weighted by molar-refractivity contribution is -0.140. The minimum absolute atomic E-state index is 0.00134. The topological polar surface area (TPSA) is 75.4 Å². The number of rotatable bonds is 5. The van der Waals surface area contributed by atoms with E-state index in [0.717, 1.165) is 24.1 Å². The number of fused-ring (bicyclic) bond motifs is 1. The van der Waals surface area contributed by atoms with E-state index in [4.69, 9.17) is 5.73 Å². The molecule has 2 amide bonds. The molecule has 0 aliphatic carbocycles. The first-order valence-electron chi connectivity index (χ1n) is 6.93. The van der Waals surface area contributed by atoms with Gasteiger partial charge in [-0.3, -0.25) is 9.59 Å². The van der Waals surface area contributed by atoms with Gasteiger partial charge in [0.15, 0.2) is 0 Å². The molecule has 0 spiro atoms. The molecule has 0 aromatic heterocycles. The summed E-state index contributed by atoms with van der Waals surface area (Å²) in [5, 5.41) is 3.01. The van der Waals surface area contributed by atoms with Gasteiger partial charge < -0.3 is 16.0 Å². The van der Waals surface area contributed by atoms with Crippen LogP contribution in [0.4, 0.5) is 0 Å². The predicted molar refractivity (Wildman–Crippen MR) is 76.8 cm³/mol. The number of nitrogens with zero attached hydrogens (tertiary/aromatic N) is 1. The number of nitrogens with two attached hydrogens (primary N) is 1. The van der Waals surface area contributed by atoms with Gasteiger partial charge in [0.25, 0.3) is 0 Å². The monoisotopic (exact) mass is 275 g/mol. The van der Waals surface area contributed by atoms with Crippen molar-refractivity contribution in [1.82, 2.24) is 10.2 Å². The first-order chi connectivity index (χ1) is 9.63. The van der Waals surface area contributed by atoms with Crippen LogP contribution in [0.5, 0.6) is 0 Å². The van der Waals surface area contributed by atoms with E-state index in [2.05, 4.69) is 5.32 Å². The first-order valence-corrected chi connectivity index (χ1v) is 6.93. The Hall–Kier alpha value is -1.88. The van der Waals surface area contributed by atoms with Crippen molar-refractivity contribution in [2.75, 3.05) is 13.6 Å². The molecule has 0 radical (unpaired) electrons. The molecule has 20 heavy (non-hydrogen) atoms. The molecular formula is C15H21N3O2. The van der Waals surface area contributed by atoms with Crippen molar-refractivity contribution in [3.63, 3.8) is 0 Å². The summed E-state index contributed by atoms with van der Waals surface area (Å²) >= 11 is 0. The lowest BCUT2D eigenvalue weighted by Crippen LogP contribution is -2.51. The average Bonchev–Trinajstić information content (AvgIpc) is 2.46. The van der Waals surface area contributed by atoms with E-state index in [-0.39, 0.29) is 5.91 Å². The molecule has 3 N–H and O–H groups in total. The van der Waals surface area contributed by atoms with Crippen LogP contribution in [-0.4, -0.2) is 36.3 Å². The smallest absolute Gasteiger partial charge is 0.240 e. The Balaban J connectivity index is 2.13. The van der Waals surface area contributed by atoms with Crippen molar-refractivity contribution >= 4 is 11.8 Å². The molecule has 108 valence electrons. The summed E-state index contributed by atoms with van der Waals surface area (Å²) in [6, 6.07) is 7.37. The van der Waals surface area contributed by atoms with Crippen molar-refractivity contribution in [1.29, 1.82) is 0 Å². The second-order valence-electron chi connectivity index (χ2n) is 5.12. The maximum Gasteiger partial charge on any atom is 0.240 e. The third-order valence-electron chi connectivity index (χ3n) is 3.71. The highest BCUT2D eigenvalue weighted by molar-refractivity contribution is 5.87. The zero-order valence-electron chi connectivity index (χ0n) is 11.8. The Labute approximate surface area is 119 Å². The second-order valence-corrected chi connectivity index (χ2v) is 5.12. The van der Waals surface area contributed by atoms with E-state index >= 15 is 0 Å². The standard InChI is InChI=1S/C15H21N3O2/c1-17-8-4-7-14(19)18-10-12-6-3-2-5-11(12)9-13(18)15(16)20/h2-3,5-6,13,17H,4,7-10H2,1H3,(H2,16,20). The number of benzene rings is 1. The van der Waals surface area contributed by atoms with Crippen LogP contribution >= 0.6 is 0 Å². The summed E-state index contributed by atoms with van der Waals surface area (Å²) in [5.74, 6) is -0.431. The molecule has 1 aromatic rings. The fraction of sp³-hybridized carbons (Fsp3) is 0.467. The van der Waals surface area contributed by atoms with Crippen LogP contribution in [0.2, 0.25) is 0 Å². The average molecular weight is 275 g/mol. The minimum Gasteiger partial charge on any atom is -0.368 e. The molecule has 0 fully saturated rings. The predicted octanol–water partition coefficient (Wildman–Crippen LogP) is 0.425. The summed E-state index contributed by atoms with van der Waals surface area (Å²) in [7, 11) is 1.85. The van der Waals surface area contributed by atoms with Crippen molar-refractivity contribution in [2.24, 2.45) is 5.73 Å². The van der Waals surface area contributed by atoms with Crippen LogP contribution in [0, 0.1) is 0 Å². The molecule has 1 atom stereocenters. The van der Waals surface area contributed by atoms with Crippen LogP contribution in [0.1, 0.15) is 24.0 Å². The lowest BCUT2D eigenvalue weighted by atomic mass is 9.93. The summed E-state index contributed by atoms with van der Waals surface area (Å²) < 4.78 is 0. The van der Waals surface area contributed by atoms with Gasteiger partial charge >= 0.3 is 0 Å². The molecule has 0 bridgehead atoms. The van der Waals surface area contributed by atoms with Gasteiger partial charge in [-0.05, 0) is 31.1 Å². The van der Waals surface area contributed by atoms with Crippen molar-refractivity contribution < 1.29 is 9.59 Å². The number of carbonyl (C=O) groups excluding carboxylic acids is 2. The second kappa shape index (κ2) is 6.52. The highest BCUT2D eigenvalue weighted by Gasteiger charge is 2.32. The third kappa shape index (κ3) is 3.17. The lowest BCUT2D eigenvalue weighted by Gasteiger charge is -2.35. The highest BCUT2D eigenvalue weighted by atomic mass is 16.2. The Bertz CT molecular complexity index is 502. The van der Waals surface area contributed by atoms with Crippen LogP contribution in [-0.2, 0) is 22.6 Å². The van der Waals surface area contributed by atoms with Gasteiger partial charge in [-0.15, -0.1) is 0 Å². The molecule has 1 aromatic carbocycles. The number of nitrogens with one attached hydrogen (secondary N) is 1. The van der Waals surface area contributed by atoms with Crippen molar-refractivity contribution in [2.45, 2.75) is 31.8 Å². The van der Waals surface area contributed by atoms with E-state index in [9.17, 15) is 9.59 Å². The largest absolute Gasteiger partial charge is 0.368 e. The maximum atomic E-state index is 12.3. The summed E-state index contributed by atoms with van der Waals surface area (Å²) in [6.07, 6.45) is 1.72. The number of hydrogen-bond donors (Lipinski definition) is 2. The van der Waals surface area contributed by atoms with E-state index in [1.807, 2.05) is 31.3 Å². The van der Waals surface area contributed by atoms with Crippen LogP contribution in [0.15, 0.2) is 24.3 Å². The maximum absolute atomic E-state index is 12.3. The molecular weight excluding hydrogens is 254 g/mol. The zero-order valence-corrected chi connectivity index (χ0v) is 11.8. The molecule has 1 heterocycles. The number of carbonyl (C=O) groups is 2. The Morgan fingerprint density at radius 1 is 1.35 bits per heavy atom. The first kappa shape index (κ1) is 14.5. The minimum atomic E-state index is -0.521. The molecule has 0 saturated carbocycles. The fourth-order valence-corrected chi connectivity index (χ4v) is 2.60. The Morgan fingerprint density at radius 3 is 2.70 bits per heavy atom. The highest BCUT2D eigenvalue weighted by Crippen LogP contribution is 2.24. The fourth-order valence-electron chi connectivity index (χ4n) is 2.60. The van der Waals surface area contributed by atoms with Gasteiger partial charge in [-0.25, -0.2) is 0 Å². The summed E-state index contributed by atoms with van der Waals surface area (Å²) in [5.41, 5.74) is 7.67.